The number of fused-ring (bicyclic) bond motifs is 1. The fourth-order valence-electron chi connectivity index (χ4n) is 3.51. The summed E-state index contributed by atoms with van der Waals surface area (Å²) in [5.74, 6) is 0.0176. The molecule has 0 bridgehead atoms. The molecule has 1 atom stereocenters. The van der Waals surface area contributed by atoms with Gasteiger partial charge in [0.05, 0.1) is 15.7 Å². The molecule has 0 radical (unpaired) electrons. The van der Waals surface area contributed by atoms with E-state index in [1.54, 1.807) is 0 Å². The van der Waals surface area contributed by atoms with Crippen LogP contribution in [0.4, 0.5) is 5.82 Å². The highest BCUT2D eigenvalue weighted by molar-refractivity contribution is 6.37. The summed E-state index contributed by atoms with van der Waals surface area (Å²) in [6.07, 6.45) is 2.45. The van der Waals surface area contributed by atoms with Gasteiger partial charge in [-0.15, -0.1) is 10.2 Å². The van der Waals surface area contributed by atoms with Gasteiger partial charge in [0.25, 0.3) is 11.1 Å². The Hall–Kier alpha value is -3.11. The Balaban J connectivity index is 1.77. The lowest BCUT2D eigenvalue weighted by Crippen LogP contribution is -2.33. The molecule has 156 valence electrons. The number of nitrogens with zero attached hydrogens (tertiary/aromatic N) is 3. The van der Waals surface area contributed by atoms with Gasteiger partial charge >= 0.3 is 5.69 Å². The summed E-state index contributed by atoms with van der Waals surface area (Å²) in [7, 11) is 0. The molecule has 0 spiro atoms. The maximum Gasteiger partial charge on any atom is 0.349 e. The third-order valence-corrected chi connectivity index (χ3v) is 5.48. The van der Waals surface area contributed by atoms with Gasteiger partial charge in [-0.1, -0.05) is 30.1 Å². The highest BCUT2D eigenvalue weighted by Gasteiger charge is 2.25. The number of benzene rings is 1. The first-order valence-corrected chi connectivity index (χ1v) is 9.79. The minimum atomic E-state index is -0.805. The molecule has 30 heavy (non-hydrogen) atoms. The van der Waals surface area contributed by atoms with Crippen LogP contribution in [-0.4, -0.2) is 25.0 Å². The number of anilines is 1. The third-order valence-electron chi connectivity index (χ3n) is 4.92. The molecule has 0 amide bonds. The van der Waals surface area contributed by atoms with Gasteiger partial charge in [0.2, 0.25) is 11.7 Å². The van der Waals surface area contributed by atoms with Gasteiger partial charge in [-0.3, -0.25) is 14.6 Å². The summed E-state index contributed by atoms with van der Waals surface area (Å²) in [4.78, 5) is 37.7. The first-order valence-electron chi connectivity index (χ1n) is 9.04. The molecule has 2 aromatic heterocycles. The molecule has 4 N–H and O–H groups in total. The smallest absolute Gasteiger partial charge is 0.349 e. The van der Waals surface area contributed by atoms with Crippen molar-refractivity contribution in [3.63, 3.8) is 0 Å². The van der Waals surface area contributed by atoms with E-state index in [0.29, 0.717) is 12.0 Å². The number of nitrogens with one attached hydrogen (secondary N) is 2. The number of halogens is 2. The third kappa shape index (κ3) is 3.48. The number of hydrogen-bond donors (Lipinski definition) is 3. The number of hydrogen-bond acceptors (Lipinski definition) is 7. The lowest BCUT2D eigenvalue weighted by atomic mass is 9.85. The zero-order valence-corrected chi connectivity index (χ0v) is 17.2. The molecule has 2 heterocycles. The monoisotopic (exact) mass is 450 g/mol. The van der Waals surface area contributed by atoms with Crippen LogP contribution in [0.3, 0.4) is 0 Å². The predicted molar refractivity (Wildman–Crippen MR) is 111 cm³/mol. The zero-order chi connectivity index (χ0) is 21.6. The molecule has 3 aromatic rings. The molecule has 0 saturated heterocycles. The van der Waals surface area contributed by atoms with Crippen molar-refractivity contribution in [2.75, 3.05) is 5.73 Å². The summed E-state index contributed by atoms with van der Waals surface area (Å²) in [6, 6.07) is 2.77. The molecule has 4 rings (SSSR count). The highest BCUT2D eigenvalue weighted by atomic mass is 35.5. The van der Waals surface area contributed by atoms with Crippen LogP contribution in [0.1, 0.15) is 36.8 Å². The van der Waals surface area contributed by atoms with Crippen LogP contribution in [0.25, 0.3) is 5.69 Å². The number of nitrogen functional groups attached to an aromatic ring is 1. The first-order chi connectivity index (χ1) is 14.3. The van der Waals surface area contributed by atoms with Gasteiger partial charge in [0.15, 0.2) is 5.75 Å². The van der Waals surface area contributed by atoms with Crippen LogP contribution in [0.2, 0.25) is 10.0 Å². The molecule has 1 aromatic carbocycles. The normalized spacial score (nSPS) is 15.6. The molecule has 0 aliphatic heterocycles. The second kappa shape index (κ2) is 7.62. The molecule has 12 heteroatoms. The number of rotatable bonds is 3. The number of aromatic amines is 2. The minimum Gasteiger partial charge on any atom is -0.434 e. The number of ether oxygens (including phenoxy) is 1. The highest BCUT2D eigenvalue weighted by Crippen LogP contribution is 2.40. The van der Waals surface area contributed by atoms with Gasteiger partial charge in [-0.05, 0) is 37.3 Å². The Kier molecular flexibility index (Phi) is 5.12. The average Bonchev–Trinajstić information content (AvgIpc) is 2.69. The Morgan fingerprint density at radius 1 is 1.20 bits per heavy atom. The lowest BCUT2D eigenvalue weighted by molar-refractivity contribution is 0.435. The van der Waals surface area contributed by atoms with Crippen LogP contribution in [-0.2, 0) is 6.42 Å². The number of nitrogens with two attached hydrogens (primary N) is 1. The zero-order valence-electron chi connectivity index (χ0n) is 15.7. The van der Waals surface area contributed by atoms with E-state index in [1.165, 1.54) is 12.1 Å². The van der Waals surface area contributed by atoms with Crippen molar-refractivity contribution in [3.8, 4) is 17.3 Å². The first kappa shape index (κ1) is 20.2. The second-order valence-corrected chi connectivity index (χ2v) is 7.75. The van der Waals surface area contributed by atoms with Crippen molar-refractivity contribution in [2.45, 2.75) is 32.1 Å². The van der Waals surface area contributed by atoms with Crippen molar-refractivity contribution in [3.05, 3.63) is 64.5 Å². The summed E-state index contributed by atoms with van der Waals surface area (Å²) in [5, 5.41) is 10.4. The molecule has 10 nitrogen and oxygen atoms in total. The summed E-state index contributed by atoms with van der Waals surface area (Å²) in [6.45, 7) is 1.98. The maximum absolute atomic E-state index is 12.2. The van der Waals surface area contributed by atoms with E-state index in [9.17, 15) is 14.4 Å². The Morgan fingerprint density at radius 2 is 1.90 bits per heavy atom. The van der Waals surface area contributed by atoms with Crippen LogP contribution < -0.4 is 27.3 Å². The van der Waals surface area contributed by atoms with Gasteiger partial charge < -0.3 is 10.5 Å². The fourth-order valence-corrected chi connectivity index (χ4v) is 4.06. The Labute approximate surface area is 178 Å². The van der Waals surface area contributed by atoms with E-state index in [4.69, 9.17) is 33.7 Å². The van der Waals surface area contributed by atoms with Crippen molar-refractivity contribution >= 4 is 29.0 Å². The lowest BCUT2D eigenvalue weighted by Gasteiger charge is -2.22. The standard InChI is InChI=1S/C18H16Cl2N6O4/c1-7-3-2-4-9-12(7)15(27)23-24-17(9)30-13-10(19)5-8(6-11(13)20)26-18(29)22-16(28)14(21)25-26/h5-7H,2-4H2,1H3,(H2,21,25)(H,23,27)(H,22,28,29). The van der Waals surface area contributed by atoms with Gasteiger partial charge in [-0.25, -0.2) is 9.89 Å². The molecule has 1 unspecified atom stereocenters. The summed E-state index contributed by atoms with van der Waals surface area (Å²) in [5.41, 5.74) is 5.19. The second-order valence-electron chi connectivity index (χ2n) is 6.94. The molecule has 0 fully saturated rings. The molecule has 1 aliphatic rings. The fraction of sp³-hybridized carbons (Fsp3) is 0.278. The molecule has 0 saturated carbocycles. The van der Waals surface area contributed by atoms with E-state index in [0.717, 1.165) is 23.1 Å². The van der Waals surface area contributed by atoms with Gasteiger partial charge in [0.1, 0.15) is 0 Å². The van der Waals surface area contributed by atoms with Crippen molar-refractivity contribution in [2.24, 2.45) is 0 Å². The van der Waals surface area contributed by atoms with Crippen LogP contribution in [0.15, 0.2) is 26.5 Å². The maximum atomic E-state index is 12.2. The van der Waals surface area contributed by atoms with E-state index < -0.39 is 11.2 Å². The molecule has 1 aliphatic carbocycles. The number of aromatic nitrogens is 5. The van der Waals surface area contributed by atoms with E-state index in [-0.39, 0.29) is 44.7 Å². The largest absolute Gasteiger partial charge is 0.434 e. The molecular formula is C18H16Cl2N6O4. The van der Waals surface area contributed by atoms with Gasteiger partial charge in [-0.2, -0.15) is 4.68 Å². The van der Waals surface area contributed by atoms with Crippen molar-refractivity contribution < 1.29 is 4.74 Å². The van der Waals surface area contributed by atoms with E-state index in [1.807, 2.05) is 11.9 Å². The van der Waals surface area contributed by atoms with Crippen molar-refractivity contribution in [1.82, 2.24) is 25.0 Å². The van der Waals surface area contributed by atoms with Crippen LogP contribution in [0.5, 0.6) is 11.6 Å². The van der Waals surface area contributed by atoms with E-state index >= 15 is 0 Å². The Morgan fingerprint density at radius 3 is 2.60 bits per heavy atom. The minimum absolute atomic E-state index is 0.0709. The Bertz CT molecular complexity index is 1310. The van der Waals surface area contributed by atoms with E-state index in [2.05, 4.69) is 15.3 Å². The quantitative estimate of drug-likeness (QED) is 0.552. The summed E-state index contributed by atoms with van der Waals surface area (Å²) < 4.78 is 6.73. The van der Waals surface area contributed by atoms with Crippen LogP contribution >= 0.6 is 23.2 Å². The molecular weight excluding hydrogens is 435 g/mol. The van der Waals surface area contributed by atoms with Crippen molar-refractivity contribution in [1.29, 1.82) is 0 Å². The predicted octanol–water partition coefficient (Wildman–Crippen LogP) is 2.13. The number of H-pyrrole nitrogens is 2. The summed E-state index contributed by atoms with van der Waals surface area (Å²) >= 11 is 12.7. The average molecular weight is 451 g/mol. The SMILES string of the molecule is CC1CCCc2c(Oc3c(Cl)cc(-n4nc(N)c(=O)[nH]c4=O)cc3Cl)n[nH]c(=O)c21. The van der Waals surface area contributed by atoms with Crippen LogP contribution in [0, 0.1) is 0 Å². The topological polar surface area (TPSA) is 149 Å². The van der Waals surface area contributed by atoms with Gasteiger partial charge in [0, 0.05) is 11.1 Å².